The first-order valence-electron chi connectivity index (χ1n) is 10.2. The van der Waals surface area contributed by atoms with Crippen LogP contribution in [0.1, 0.15) is 52.1 Å². The number of benzene rings is 1. The molecule has 1 atom stereocenters. The lowest BCUT2D eigenvalue weighted by Gasteiger charge is -2.16. The maximum Gasteiger partial charge on any atom is 0.279 e. The molecule has 1 aliphatic rings. The van der Waals surface area contributed by atoms with Crippen LogP contribution in [0.5, 0.6) is 0 Å². The number of para-hydroxylation sites is 1. The fourth-order valence-electron chi connectivity index (χ4n) is 3.74. The van der Waals surface area contributed by atoms with Crippen LogP contribution in [-0.4, -0.2) is 21.8 Å². The second-order valence-electron chi connectivity index (χ2n) is 7.79. The molecular formula is C22H24N4O3S. The minimum absolute atomic E-state index is 0.180. The van der Waals surface area contributed by atoms with Crippen molar-refractivity contribution in [1.82, 2.24) is 20.8 Å². The van der Waals surface area contributed by atoms with Crippen molar-refractivity contribution in [2.75, 3.05) is 0 Å². The lowest BCUT2D eigenvalue weighted by molar-refractivity contribution is -0.121. The molecule has 0 aliphatic heterocycles. The molecule has 7 nitrogen and oxygen atoms in total. The Hall–Kier alpha value is -3.00. The third kappa shape index (κ3) is 4.59. The summed E-state index contributed by atoms with van der Waals surface area (Å²) >= 11 is 1.51. The maximum atomic E-state index is 12.3. The van der Waals surface area contributed by atoms with Crippen LogP contribution in [0, 0.1) is 5.92 Å². The van der Waals surface area contributed by atoms with Gasteiger partial charge in [-0.15, -0.1) is 11.3 Å². The molecule has 8 heteroatoms. The summed E-state index contributed by atoms with van der Waals surface area (Å²) in [7, 11) is 0. The first-order valence-corrected chi connectivity index (χ1v) is 11.0. The number of carbonyl (C=O) groups excluding carboxylic acids is 2. The third-order valence-corrected chi connectivity index (χ3v) is 6.58. The molecule has 0 saturated carbocycles. The van der Waals surface area contributed by atoms with Crippen LogP contribution >= 0.6 is 11.3 Å². The second-order valence-corrected chi connectivity index (χ2v) is 8.93. The van der Waals surface area contributed by atoms with Crippen LogP contribution in [0.2, 0.25) is 0 Å². The summed E-state index contributed by atoms with van der Waals surface area (Å²) in [5.41, 5.74) is 6.69. The van der Waals surface area contributed by atoms with Crippen molar-refractivity contribution in [3.8, 4) is 0 Å². The number of carbonyl (C=O) groups is 2. The lowest BCUT2D eigenvalue weighted by Crippen LogP contribution is -2.41. The first-order chi connectivity index (χ1) is 14.5. The summed E-state index contributed by atoms with van der Waals surface area (Å²) in [5, 5.41) is 0.548. The maximum absolute atomic E-state index is 12.3. The van der Waals surface area contributed by atoms with Gasteiger partial charge in [0.15, 0.2) is 0 Å². The number of aryl methyl sites for hydroxylation is 2. The number of amides is 2. The number of H-pyrrole nitrogens is 1. The van der Waals surface area contributed by atoms with E-state index in [4.69, 9.17) is 0 Å². The van der Waals surface area contributed by atoms with E-state index in [9.17, 15) is 14.4 Å². The average Bonchev–Trinajstić information content (AvgIpc) is 3.15. The Balaban J connectivity index is 1.25. The van der Waals surface area contributed by atoms with Crippen LogP contribution in [-0.2, 0) is 24.1 Å². The quantitative estimate of drug-likeness (QED) is 0.548. The normalized spacial score (nSPS) is 15.6. The summed E-state index contributed by atoms with van der Waals surface area (Å²) < 4.78 is 0. The van der Waals surface area contributed by atoms with E-state index in [1.54, 1.807) is 18.2 Å². The van der Waals surface area contributed by atoms with Crippen molar-refractivity contribution < 1.29 is 9.59 Å². The first kappa shape index (κ1) is 20.3. The number of thiophene rings is 1. The molecule has 1 unspecified atom stereocenters. The van der Waals surface area contributed by atoms with Gasteiger partial charge in [-0.05, 0) is 55.4 Å². The Bertz CT molecular complexity index is 1150. The highest BCUT2D eigenvalue weighted by atomic mass is 32.1. The van der Waals surface area contributed by atoms with E-state index in [1.807, 2.05) is 12.1 Å². The highest BCUT2D eigenvalue weighted by molar-refractivity contribution is 7.14. The van der Waals surface area contributed by atoms with E-state index >= 15 is 0 Å². The van der Waals surface area contributed by atoms with Gasteiger partial charge in [0, 0.05) is 17.7 Å². The Labute approximate surface area is 177 Å². The SMILES string of the molecule is CC1CCc2sc(C(=O)NNC(=O)CCCc3nc4ccccc4c(=O)[nH]3)cc2C1. The molecule has 1 aliphatic carbocycles. The van der Waals surface area contributed by atoms with Gasteiger partial charge in [-0.3, -0.25) is 25.2 Å². The summed E-state index contributed by atoms with van der Waals surface area (Å²) in [6.45, 7) is 2.23. The van der Waals surface area contributed by atoms with Gasteiger partial charge in [0.25, 0.3) is 11.5 Å². The number of rotatable bonds is 5. The molecule has 3 aromatic rings. The fraction of sp³-hybridized carbons (Fsp3) is 0.364. The molecule has 0 spiro atoms. The predicted octanol–water partition coefficient (Wildman–Crippen LogP) is 2.89. The molecule has 0 bridgehead atoms. The monoisotopic (exact) mass is 424 g/mol. The fourth-order valence-corrected chi connectivity index (χ4v) is 4.84. The third-order valence-electron chi connectivity index (χ3n) is 5.35. The van der Waals surface area contributed by atoms with Crippen molar-refractivity contribution in [2.24, 2.45) is 5.92 Å². The highest BCUT2D eigenvalue weighted by Gasteiger charge is 2.20. The number of hydrazine groups is 1. The lowest BCUT2D eigenvalue weighted by atomic mass is 9.90. The molecule has 0 fully saturated rings. The zero-order valence-corrected chi connectivity index (χ0v) is 17.6. The molecule has 2 amide bonds. The number of hydrogen-bond donors (Lipinski definition) is 3. The van der Waals surface area contributed by atoms with E-state index in [-0.39, 0.29) is 23.8 Å². The van der Waals surface area contributed by atoms with Crippen molar-refractivity contribution in [1.29, 1.82) is 0 Å². The molecule has 4 rings (SSSR count). The van der Waals surface area contributed by atoms with E-state index < -0.39 is 0 Å². The van der Waals surface area contributed by atoms with Crippen LogP contribution in [0.25, 0.3) is 10.9 Å². The Kier molecular flexibility index (Phi) is 5.94. The van der Waals surface area contributed by atoms with Gasteiger partial charge in [-0.25, -0.2) is 4.98 Å². The van der Waals surface area contributed by atoms with Crippen molar-refractivity contribution in [3.63, 3.8) is 0 Å². The summed E-state index contributed by atoms with van der Waals surface area (Å²) in [4.78, 5) is 45.6. The van der Waals surface area contributed by atoms with Gasteiger partial charge in [0.1, 0.15) is 5.82 Å². The Morgan fingerprint density at radius 1 is 1.27 bits per heavy atom. The smallest absolute Gasteiger partial charge is 0.279 e. The van der Waals surface area contributed by atoms with Crippen LogP contribution in [0.3, 0.4) is 0 Å². The molecule has 30 heavy (non-hydrogen) atoms. The second kappa shape index (κ2) is 8.79. The van der Waals surface area contributed by atoms with Crippen LogP contribution in [0.4, 0.5) is 0 Å². The Morgan fingerprint density at radius 3 is 2.97 bits per heavy atom. The minimum atomic E-state index is -0.282. The van der Waals surface area contributed by atoms with Crippen LogP contribution in [0.15, 0.2) is 35.1 Å². The summed E-state index contributed by atoms with van der Waals surface area (Å²) in [6.07, 6.45) is 4.38. The number of aromatic amines is 1. The molecule has 2 aromatic heterocycles. The number of hydrogen-bond acceptors (Lipinski definition) is 5. The van der Waals surface area contributed by atoms with Gasteiger partial charge in [-0.1, -0.05) is 19.1 Å². The molecular weight excluding hydrogens is 400 g/mol. The number of aromatic nitrogens is 2. The number of nitrogens with zero attached hydrogens (tertiary/aromatic N) is 1. The molecule has 3 N–H and O–H groups in total. The molecule has 156 valence electrons. The van der Waals surface area contributed by atoms with E-state index in [1.165, 1.54) is 21.8 Å². The zero-order valence-electron chi connectivity index (χ0n) is 16.8. The van der Waals surface area contributed by atoms with Crippen molar-refractivity contribution >= 4 is 34.1 Å². The Morgan fingerprint density at radius 2 is 2.10 bits per heavy atom. The molecule has 1 aromatic carbocycles. The highest BCUT2D eigenvalue weighted by Crippen LogP contribution is 2.32. The zero-order chi connectivity index (χ0) is 21.1. The minimum Gasteiger partial charge on any atom is -0.310 e. The molecule has 2 heterocycles. The average molecular weight is 425 g/mol. The van der Waals surface area contributed by atoms with Gasteiger partial charge >= 0.3 is 0 Å². The van der Waals surface area contributed by atoms with E-state index in [2.05, 4.69) is 27.7 Å². The van der Waals surface area contributed by atoms with E-state index in [0.29, 0.717) is 40.4 Å². The molecule has 0 saturated heterocycles. The standard InChI is InChI=1S/C22H24N4O3S/c1-13-9-10-17-14(11-13)12-18(30-17)22(29)26-25-20(27)8-4-7-19-23-16-6-3-2-5-15(16)21(28)24-19/h2-3,5-6,12-13H,4,7-11H2,1H3,(H,25,27)(H,26,29)(H,23,24,28). The topological polar surface area (TPSA) is 104 Å². The van der Waals surface area contributed by atoms with Gasteiger partial charge < -0.3 is 4.98 Å². The number of nitrogens with one attached hydrogen (secondary N) is 3. The summed E-state index contributed by atoms with van der Waals surface area (Å²) in [5.74, 6) is 0.640. The van der Waals surface area contributed by atoms with Crippen LogP contribution < -0.4 is 16.4 Å². The summed E-state index contributed by atoms with van der Waals surface area (Å²) in [6, 6.07) is 9.09. The van der Waals surface area contributed by atoms with Crippen molar-refractivity contribution in [3.05, 3.63) is 61.8 Å². The van der Waals surface area contributed by atoms with Gasteiger partial charge in [0.2, 0.25) is 5.91 Å². The molecule has 0 radical (unpaired) electrons. The van der Waals surface area contributed by atoms with Crippen molar-refractivity contribution in [2.45, 2.75) is 45.4 Å². The largest absolute Gasteiger partial charge is 0.310 e. The number of fused-ring (bicyclic) bond motifs is 2. The van der Waals surface area contributed by atoms with E-state index in [0.717, 1.165) is 19.3 Å². The van der Waals surface area contributed by atoms with Gasteiger partial charge in [0.05, 0.1) is 15.8 Å². The van der Waals surface area contributed by atoms with Gasteiger partial charge in [-0.2, -0.15) is 0 Å². The predicted molar refractivity (Wildman–Crippen MR) is 116 cm³/mol.